The molecule has 1 amide bonds. The van der Waals surface area contributed by atoms with E-state index in [4.69, 9.17) is 9.26 Å². The molecule has 1 aliphatic rings. The molecule has 134 valence electrons. The Bertz CT molecular complexity index is 870. The van der Waals surface area contributed by atoms with Crippen molar-refractivity contribution in [3.8, 4) is 5.69 Å². The number of para-hydroxylation sites is 1. The summed E-state index contributed by atoms with van der Waals surface area (Å²) < 4.78 is 10.6. The summed E-state index contributed by atoms with van der Waals surface area (Å²) in [5.74, 6) is 0.948. The van der Waals surface area contributed by atoms with Gasteiger partial charge >= 0.3 is 0 Å². The van der Waals surface area contributed by atoms with Crippen LogP contribution in [0.3, 0.4) is 0 Å². The molecule has 3 aromatic rings. The lowest BCUT2D eigenvalue weighted by Gasteiger charge is -2.18. The first kappa shape index (κ1) is 16.4. The second kappa shape index (κ2) is 7.44. The maximum Gasteiger partial charge on any atom is 0.273 e. The molecule has 9 heteroatoms. The Labute approximate surface area is 149 Å². The molecule has 0 bridgehead atoms. The molecule has 3 heterocycles. The van der Waals surface area contributed by atoms with Crippen LogP contribution in [0.15, 0.2) is 41.1 Å². The zero-order valence-electron chi connectivity index (χ0n) is 14.0. The van der Waals surface area contributed by atoms with Crippen LogP contribution in [0.2, 0.25) is 0 Å². The fraction of sp³-hybridized carbons (Fsp3) is 0.353. The van der Waals surface area contributed by atoms with Gasteiger partial charge in [-0.2, -0.15) is 14.9 Å². The molecule has 9 nitrogen and oxygen atoms in total. The van der Waals surface area contributed by atoms with Crippen LogP contribution < -0.4 is 5.32 Å². The van der Waals surface area contributed by atoms with Gasteiger partial charge in [-0.3, -0.25) is 4.79 Å². The molecular formula is C17H18N6O3. The maximum absolute atomic E-state index is 12.2. The minimum Gasteiger partial charge on any atom is -0.381 e. The molecule has 2 aromatic heterocycles. The molecule has 0 atom stereocenters. The number of rotatable bonds is 5. The predicted octanol–water partition coefficient (Wildman–Crippen LogP) is 1.47. The molecule has 1 aromatic carbocycles. The van der Waals surface area contributed by atoms with Crippen molar-refractivity contribution in [2.24, 2.45) is 0 Å². The summed E-state index contributed by atoms with van der Waals surface area (Å²) in [5.41, 5.74) is 1.00. The van der Waals surface area contributed by atoms with E-state index in [2.05, 4.69) is 25.7 Å². The standard InChI is InChI=1S/C17H18N6O3/c24-17(14-10-19-23(21-14)13-4-2-1-3-5-13)18-11-15-20-16(22-26-15)12-6-8-25-9-7-12/h1-5,10,12H,6-9,11H2,(H,18,24). The zero-order chi connectivity index (χ0) is 17.8. The number of hydrogen-bond acceptors (Lipinski definition) is 7. The van der Waals surface area contributed by atoms with Crippen LogP contribution in [0.1, 0.15) is 41.0 Å². The quantitative estimate of drug-likeness (QED) is 0.739. The van der Waals surface area contributed by atoms with Gasteiger partial charge < -0.3 is 14.6 Å². The normalized spacial score (nSPS) is 15.1. The highest BCUT2D eigenvalue weighted by molar-refractivity contribution is 5.91. The third-order valence-electron chi connectivity index (χ3n) is 4.18. The van der Waals surface area contributed by atoms with Crippen molar-refractivity contribution in [3.63, 3.8) is 0 Å². The molecule has 0 aliphatic carbocycles. The SMILES string of the molecule is O=C(NCc1nc(C2CCOCC2)no1)c1cnn(-c2ccccc2)n1. The second-order valence-corrected chi connectivity index (χ2v) is 5.97. The summed E-state index contributed by atoms with van der Waals surface area (Å²) in [6.07, 6.45) is 3.19. The molecular weight excluding hydrogens is 336 g/mol. The lowest BCUT2D eigenvalue weighted by atomic mass is 10.00. The summed E-state index contributed by atoms with van der Waals surface area (Å²) >= 11 is 0. The van der Waals surface area contributed by atoms with E-state index in [0.29, 0.717) is 24.9 Å². The smallest absolute Gasteiger partial charge is 0.273 e. The van der Waals surface area contributed by atoms with Gasteiger partial charge in [-0.05, 0) is 25.0 Å². The molecule has 0 spiro atoms. The number of benzene rings is 1. The number of amides is 1. The molecule has 26 heavy (non-hydrogen) atoms. The summed E-state index contributed by atoms with van der Waals surface area (Å²) in [4.78, 5) is 18.0. The van der Waals surface area contributed by atoms with Gasteiger partial charge in [0.2, 0.25) is 5.89 Å². The number of nitrogens with zero attached hydrogens (tertiary/aromatic N) is 5. The van der Waals surface area contributed by atoms with Crippen LogP contribution in [0.4, 0.5) is 0 Å². The van der Waals surface area contributed by atoms with Gasteiger partial charge in [0, 0.05) is 19.1 Å². The Morgan fingerprint density at radius 3 is 2.85 bits per heavy atom. The Hall–Kier alpha value is -3.07. The largest absolute Gasteiger partial charge is 0.381 e. The summed E-state index contributed by atoms with van der Waals surface area (Å²) in [6.45, 7) is 1.57. The predicted molar refractivity (Wildman–Crippen MR) is 89.6 cm³/mol. The second-order valence-electron chi connectivity index (χ2n) is 5.97. The van der Waals surface area contributed by atoms with E-state index in [1.54, 1.807) is 0 Å². The Balaban J connectivity index is 1.35. The molecule has 1 aliphatic heterocycles. The van der Waals surface area contributed by atoms with Crippen LogP contribution >= 0.6 is 0 Å². The highest BCUT2D eigenvalue weighted by Gasteiger charge is 2.21. The van der Waals surface area contributed by atoms with E-state index in [0.717, 1.165) is 18.5 Å². The number of ether oxygens (including phenoxy) is 1. The fourth-order valence-electron chi connectivity index (χ4n) is 2.76. The number of aromatic nitrogens is 5. The van der Waals surface area contributed by atoms with Crippen LogP contribution in [-0.2, 0) is 11.3 Å². The summed E-state index contributed by atoms with van der Waals surface area (Å²) in [6, 6.07) is 9.38. The lowest BCUT2D eigenvalue weighted by molar-refractivity contribution is 0.0830. The van der Waals surface area contributed by atoms with Crippen LogP contribution in [-0.4, -0.2) is 44.3 Å². The number of hydrogen-bond donors (Lipinski definition) is 1. The Kier molecular flexibility index (Phi) is 4.69. The average molecular weight is 354 g/mol. The molecule has 1 saturated heterocycles. The molecule has 4 rings (SSSR count). The topological polar surface area (TPSA) is 108 Å². The highest BCUT2D eigenvalue weighted by Crippen LogP contribution is 2.24. The van der Waals surface area contributed by atoms with E-state index in [-0.39, 0.29) is 24.1 Å². The third-order valence-corrected chi connectivity index (χ3v) is 4.18. The first-order valence-electron chi connectivity index (χ1n) is 8.46. The molecule has 1 N–H and O–H groups in total. The Morgan fingerprint density at radius 2 is 2.04 bits per heavy atom. The fourth-order valence-corrected chi connectivity index (χ4v) is 2.76. The highest BCUT2D eigenvalue weighted by atomic mass is 16.5. The van der Waals surface area contributed by atoms with Crippen molar-refractivity contribution >= 4 is 5.91 Å². The van der Waals surface area contributed by atoms with Crippen LogP contribution in [0.5, 0.6) is 0 Å². The molecule has 0 saturated carbocycles. The van der Waals surface area contributed by atoms with Crippen LogP contribution in [0, 0.1) is 0 Å². The summed E-state index contributed by atoms with van der Waals surface area (Å²) in [7, 11) is 0. The molecule has 0 radical (unpaired) electrons. The number of nitrogens with one attached hydrogen (secondary N) is 1. The average Bonchev–Trinajstić information content (AvgIpc) is 3.37. The monoisotopic (exact) mass is 354 g/mol. The van der Waals surface area contributed by atoms with Gasteiger partial charge in [0.15, 0.2) is 11.5 Å². The number of carbonyl (C=O) groups is 1. The van der Waals surface area contributed by atoms with E-state index in [9.17, 15) is 4.79 Å². The van der Waals surface area contributed by atoms with Crippen LogP contribution in [0.25, 0.3) is 5.69 Å². The van der Waals surface area contributed by atoms with Gasteiger partial charge in [0.05, 0.1) is 18.4 Å². The van der Waals surface area contributed by atoms with Gasteiger partial charge in [0.1, 0.15) is 0 Å². The lowest BCUT2D eigenvalue weighted by Crippen LogP contribution is -2.23. The van der Waals surface area contributed by atoms with E-state index in [1.807, 2.05) is 30.3 Å². The molecule has 1 fully saturated rings. The van der Waals surface area contributed by atoms with E-state index in [1.165, 1.54) is 11.0 Å². The minimum absolute atomic E-state index is 0.146. The Morgan fingerprint density at radius 1 is 1.23 bits per heavy atom. The van der Waals surface area contributed by atoms with Gasteiger partial charge in [-0.15, -0.1) is 5.10 Å². The first-order chi connectivity index (χ1) is 12.8. The molecule has 0 unspecified atom stereocenters. The van der Waals surface area contributed by atoms with Gasteiger partial charge in [-0.1, -0.05) is 23.4 Å². The van der Waals surface area contributed by atoms with Crippen molar-refractivity contribution in [2.45, 2.75) is 25.3 Å². The van der Waals surface area contributed by atoms with Crippen molar-refractivity contribution in [1.29, 1.82) is 0 Å². The van der Waals surface area contributed by atoms with E-state index < -0.39 is 0 Å². The van der Waals surface area contributed by atoms with Crippen molar-refractivity contribution in [3.05, 3.63) is 53.9 Å². The summed E-state index contributed by atoms with van der Waals surface area (Å²) in [5, 5.41) is 15.0. The van der Waals surface area contributed by atoms with Crippen molar-refractivity contribution in [2.75, 3.05) is 13.2 Å². The van der Waals surface area contributed by atoms with Crippen molar-refractivity contribution < 1.29 is 14.1 Å². The van der Waals surface area contributed by atoms with Crippen molar-refractivity contribution in [1.82, 2.24) is 30.5 Å². The number of carbonyl (C=O) groups excluding carboxylic acids is 1. The van der Waals surface area contributed by atoms with E-state index >= 15 is 0 Å². The third kappa shape index (κ3) is 3.62. The minimum atomic E-state index is -0.349. The maximum atomic E-state index is 12.2. The van der Waals surface area contributed by atoms with Gasteiger partial charge in [0.25, 0.3) is 5.91 Å². The first-order valence-corrected chi connectivity index (χ1v) is 8.46. The van der Waals surface area contributed by atoms with Gasteiger partial charge in [-0.25, -0.2) is 0 Å². The zero-order valence-corrected chi connectivity index (χ0v) is 14.0.